The predicted molar refractivity (Wildman–Crippen MR) is 87.5 cm³/mol. The molecule has 0 saturated heterocycles. The van der Waals surface area contributed by atoms with Crippen molar-refractivity contribution in [2.45, 2.75) is 63.8 Å². The first-order valence-electron chi connectivity index (χ1n) is 8.78. The quantitative estimate of drug-likeness (QED) is 0.427. The van der Waals surface area contributed by atoms with E-state index in [9.17, 15) is 9.59 Å². The van der Waals surface area contributed by atoms with Crippen molar-refractivity contribution in [3.8, 4) is 0 Å². The third kappa shape index (κ3) is 4.70. The van der Waals surface area contributed by atoms with E-state index >= 15 is 0 Å². The average Bonchev–Trinajstić information content (AvgIpc) is 3.28. The second-order valence-electron chi connectivity index (χ2n) is 7.16. The third-order valence-corrected chi connectivity index (χ3v) is 4.88. The van der Waals surface area contributed by atoms with Gasteiger partial charge in [-0.25, -0.2) is 0 Å². The van der Waals surface area contributed by atoms with Gasteiger partial charge in [0.2, 0.25) is 11.8 Å². The highest BCUT2D eigenvalue weighted by Crippen LogP contribution is 2.46. The van der Waals surface area contributed by atoms with Gasteiger partial charge in [-0.15, -0.1) is 0 Å². The van der Waals surface area contributed by atoms with Crippen molar-refractivity contribution in [2.24, 2.45) is 5.41 Å². The van der Waals surface area contributed by atoms with Crippen molar-refractivity contribution < 1.29 is 9.59 Å². The first-order chi connectivity index (χ1) is 10.5. The van der Waals surface area contributed by atoms with Gasteiger partial charge in [-0.2, -0.15) is 0 Å². The highest BCUT2D eigenvalue weighted by Gasteiger charge is 2.56. The molecule has 0 heterocycles. The van der Waals surface area contributed by atoms with Crippen LogP contribution < -0.4 is 10.6 Å². The molecule has 0 aromatic rings. The van der Waals surface area contributed by atoms with E-state index in [1.54, 1.807) is 0 Å². The lowest BCUT2D eigenvalue weighted by atomic mass is 10.0. The van der Waals surface area contributed by atoms with Crippen LogP contribution in [-0.2, 0) is 9.59 Å². The van der Waals surface area contributed by atoms with Crippen molar-refractivity contribution in [3.05, 3.63) is 0 Å². The lowest BCUT2D eigenvalue weighted by molar-refractivity contribution is -0.137. The standard InChI is InChI=1S/C17H31N3O2/c1-20(2)13-7-12-18-15(21)17(10-11-17)16(22)19-14-8-5-3-4-6-9-14/h14H,3-13H2,1-2H3,(H,18,21)(H,19,22). The number of amides is 2. The zero-order valence-corrected chi connectivity index (χ0v) is 14.1. The SMILES string of the molecule is CN(C)CCCNC(=O)C1(C(=O)NC2CCCCCC2)CC1. The topological polar surface area (TPSA) is 61.4 Å². The molecule has 2 fully saturated rings. The van der Waals surface area contributed by atoms with Crippen LogP contribution in [0.15, 0.2) is 0 Å². The molecule has 5 heteroatoms. The maximum atomic E-state index is 12.5. The van der Waals surface area contributed by atoms with Crippen molar-refractivity contribution in [1.29, 1.82) is 0 Å². The second kappa shape index (κ2) is 7.95. The summed E-state index contributed by atoms with van der Waals surface area (Å²) >= 11 is 0. The van der Waals surface area contributed by atoms with Crippen LogP contribution in [0, 0.1) is 5.41 Å². The Balaban J connectivity index is 1.76. The van der Waals surface area contributed by atoms with Gasteiger partial charge in [0.25, 0.3) is 0 Å². The van der Waals surface area contributed by atoms with Gasteiger partial charge >= 0.3 is 0 Å². The van der Waals surface area contributed by atoms with Gasteiger partial charge in [0.15, 0.2) is 0 Å². The van der Waals surface area contributed by atoms with Gasteiger partial charge in [-0.1, -0.05) is 25.7 Å². The Kier molecular flexibility index (Phi) is 6.24. The molecule has 0 aromatic carbocycles. The summed E-state index contributed by atoms with van der Waals surface area (Å²) in [5.74, 6) is -0.109. The maximum absolute atomic E-state index is 12.5. The molecule has 2 saturated carbocycles. The maximum Gasteiger partial charge on any atom is 0.235 e. The number of hydrogen-bond donors (Lipinski definition) is 2. The van der Waals surface area contributed by atoms with Crippen LogP contribution >= 0.6 is 0 Å². The minimum atomic E-state index is -0.760. The van der Waals surface area contributed by atoms with Crippen LogP contribution in [0.5, 0.6) is 0 Å². The van der Waals surface area contributed by atoms with Crippen LogP contribution in [0.3, 0.4) is 0 Å². The summed E-state index contributed by atoms with van der Waals surface area (Å²) in [7, 11) is 4.04. The van der Waals surface area contributed by atoms with Gasteiger partial charge in [0.1, 0.15) is 5.41 Å². The van der Waals surface area contributed by atoms with Gasteiger partial charge < -0.3 is 15.5 Å². The first kappa shape index (κ1) is 17.3. The van der Waals surface area contributed by atoms with E-state index in [1.807, 2.05) is 14.1 Å². The van der Waals surface area contributed by atoms with Crippen molar-refractivity contribution in [1.82, 2.24) is 15.5 Å². The average molecular weight is 309 g/mol. The summed E-state index contributed by atoms with van der Waals surface area (Å²) in [6, 6.07) is 0.272. The van der Waals surface area contributed by atoms with E-state index in [-0.39, 0.29) is 17.9 Å². The minimum absolute atomic E-state index is 0.0375. The van der Waals surface area contributed by atoms with Crippen LogP contribution in [0.1, 0.15) is 57.8 Å². The molecule has 0 spiro atoms. The van der Waals surface area contributed by atoms with Crippen LogP contribution in [0.25, 0.3) is 0 Å². The van der Waals surface area contributed by atoms with Gasteiger partial charge in [0, 0.05) is 12.6 Å². The smallest absolute Gasteiger partial charge is 0.235 e. The Morgan fingerprint density at radius 2 is 1.68 bits per heavy atom. The van der Waals surface area contributed by atoms with E-state index in [2.05, 4.69) is 15.5 Å². The lowest BCUT2D eigenvalue weighted by Gasteiger charge is -2.21. The fraction of sp³-hybridized carbons (Fsp3) is 0.882. The fourth-order valence-corrected chi connectivity index (χ4v) is 3.20. The molecular formula is C17H31N3O2. The van der Waals surface area contributed by atoms with E-state index in [0.717, 1.165) is 25.8 Å². The molecule has 5 nitrogen and oxygen atoms in total. The summed E-state index contributed by atoms with van der Waals surface area (Å²) in [5, 5.41) is 6.09. The molecule has 0 atom stereocenters. The van der Waals surface area contributed by atoms with Gasteiger partial charge in [-0.3, -0.25) is 9.59 Å². The molecule has 2 rings (SSSR count). The van der Waals surface area contributed by atoms with E-state index < -0.39 is 5.41 Å². The predicted octanol–water partition coefficient (Wildman–Crippen LogP) is 1.67. The van der Waals surface area contributed by atoms with Crippen LogP contribution in [0.2, 0.25) is 0 Å². The Morgan fingerprint density at radius 3 is 2.23 bits per heavy atom. The molecule has 0 bridgehead atoms. The molecule has 0 radical (unpaired) electrons. The summed E-state index contributed by atoms with van der Waals surface area (Å²) in [6.07, 6.45) is 9.35. The molecule has 126 valence electrons. The highest BCUT2D eigenvalue weighted by molar-refractivity contribution is 6.07. The summed E-state index contributed by atoms with van der Waals surface area (Å²) in [4.78, 5) is 26.9. The molecule has 0 aliphatic heterocycles. The van der Waals surface area contributed by atoms with Crippen molar-refractivity contribution >= 4 is 11.8 Å². The van der Waals surface area contributed by atoms with Crippen LogP contribution in [0.4, 0.5) is 0 Å². The number of hydrogen-bond acceptors (Lipinski definition) is 3. The zero-order chi connectivity index (χ0) is 16.0. The first-order valence-corrected chi connectivity index (χ1v) is 8.78. The largest absolute Gasteiger partial charge is 0.355 e. The lowest BCUT2D eigenvalue weighted by Crippen LogP contribution is -2.46. The Bertz CT molecular complexity index is 383. The van der Waals surface area contributed by atoms with Gasteiger partial charge in [-0.05, 0) is 52.7 Å². The Hall–Kier alpha value is -1.10. The molecule has 2 aliphatic carbocycles. The monoisotopic (exact) mass is 309 g/mol. The molecule has 0 aromatic heterocycles. The number of rotatable bonds is 7. The molecule has 0 unspecified atom stereocenters. The number of nitrogens with zero attached hydrogens (tertiary/aromatic N) is 1. The summed E-state index contributed by atoms with van der Waals surface area (Å²) in [5.41, 5.74) is -0.760. The zero-order valence-electron chi connectivity index (χ0n) is 14.1. The van der Waals surface area contributed by atoms with E-state index in [0.29, 0.717) is 19.4 Å². The number of nitrogens with one attached hydrogen (secondary N) is 2. The van der Waals surface area contributed by atoms with E-state index in [1.165, 1.54) is 25.7 Å². The highest BCUT2D eigenvalue weighted by atomic mass is 16.2. The number of carbonyl (C=O) groups is 2. The Morgan fingerprint density at radius 1 is 1.05 bits per heavy atom. The van der Waals surface area contributed by atoms with Crippen LogP contribution in [-0.4, -0.2) is 49.9 Å². The minimum Gasteiger partial charge on any atom is -0.355 e. The fourth-order valence-electron chi connectivity index (χ4n) is 3.20. The van der Waals surface area contributed by atoms with Crippen molar-refractivity contribution in [3.63, 3.8) is 0 Å². The normalized spacial score (nSPS) is 21.2. The molecular weight excluding hydrogens is 278 g/mol. The number of carbonyl (C=O) groups excluding carboxylic acids is 2. The third-order valence-electron chi connectivity index (χ3n) is 4.88. The molecule has 2 N–H and O–H groups in total. The molecule has 22 heavy (non-hydrogen) atoms. The molecule has 2 aliphatic rings. The summed E-state index contributed by atoms with van der Waals surface area (Å²) < 4.78 is 0. The van der Waals surface area contributed by atoms with Gasteiger partial charge in [0.05, 0.1) is 0 Å². The molecule has 2 amide bonds. The summed E-state index contributed by atoms with van der Waals surface area (Å²) in [6.45, 7) is 1.59. The van der Waals surface area contributed by atoms with E-state index in [4.69, 9.17) is 0 Å². The Labute approximate surface area is 134 Å². The van der Waals surface area contributed by atoms with Crippen molar-refractivity contribution in [2.75, 3.05) is 27.2 Å². The second-order valence-corrected chi connectivity index (χ2v) is 7.16.